The van der Waals surface area contributed by atoms with Crippen LogP contribution < -0.4 is 4.72 Å². The van der Waals surface area contributed by atoms with Crippen LogP contribution in [-0.4, -0.2) is 29.1 Å². The van der Waals surface area contributed by atoms with Crippen LogP contribution >= 0.6 is 11.6 Å². The minimum atomic E-state index is -3.65. The Bertz CT molecular complexity index is 618. The van der Waals surface area contributed by atoms with Crippen molar-refractivity contribution in [1.29, 1.82) is 0 Å². The molecule has 0 aliphatic rings. The van der Waals surface area contributed by atoms with Crippen LogP contribution in [-0.2, 0) is 23.6 Å². The van der Waals surface area contributed by atoms with Crippen molar-refractivity contribution in [2.45, 2.75) is 11.6 Å². The van der Waals surface area contributed by atoms with Crippen LogP contribution in [0.25, 0.3) is 0 Å². The fraction of sp³-hybridized carbons (Fsp3) is 0.300. The summed E-state index contributed by atoms with van der Waals surface area (Å²) >= 11 is 5.85. The van der Waals surface area contributed by atoms with Gasteiger partial charge in [0.1, 0.15) is 5.15 Å². The van der Waals surface area contributed by atoms with Crippen LogP contribution in [0.5, 0.6) is 0 Å². The van der Waals surface area contributed by atoms with Crippen molar-refractivity contribution < 1.29 is 8.42 Å². The van der Waals surface area contributed by atoms with Gasteiger partial charge in [-0.2, -0.15) is 0 Å². The minimum Gasteiger partial charge on any atom is -0.353 e. The van der Waals surface area contributed by atoms with Crippen LogP contribution in [0.4, 0.5) is 0 Å². The van der Waals surface area contributed by atoms with Gasteiger partial charge in [0.15, 0.2) is 0 Å². The Morgan fingerprint density at radius 3 is 2.61 bits per heavy atom. The molecule has 18 heavy (non-hydrogen) atoms. The van der Waals surface area contributed by atoms with E-state index in [0.717, 1.165) is 0 Å². The average Bonchev–Trinajstić information content (AvgIpc) is 2.91. The number of nitrogens with zero attached hydrogens (tertiary/aromatic N) is 3. The highest BCUT2D eigenvalue weighted by Crippen LogP contribution is 2.17. The van der Waals surface area contributed by atoms with Gasteiger partial charge in [0, 0.05) is 32.5 Å². The Labute approximate surface area is 110 Å². The Morgan fingerprint density at radius 2 is 2.06 bits per heavy atom. The van der Waals surface area contributed by atoms with Gasteiger partial charge in [-0.1, -0.05) is 11.6 Å². The lowest BCUT2D eigenvalue weighted by Crippen LogP contribution is -2.27. The first kappa shape index (κ1) is 13.1. The Kier molecular flexibility index (Phi) is 3.74. The SMILES string of the molecule is Cn1cnc(S(=O)(=O)NCCn2cccc2)c1Cl. The summed E-state index contributed by atoms with van der Waals surface area (Å²) in [6.07, 6.45) is 5.09. The standard InChI is InChI=1S/C10H13ClN4O2S/c1-14-8-12-10(9(14)11)18(16,17)13-4-7-15-5-2-3-6-15/h2-3,5-6,8,13H,4,7H2,1H3. The number of sulfonamides is 1. The quantitative estimate of drug-likeness (QED) is 0.887. The van der Waals surface area contributed by atoms with E-state index in [4.69, 9.17) is 11.6 Å². The van der Waals surface area contributed by atoms with Gasteiger partial charge in [-0.3, -0.25) is 0 Å². The molecular formula is C10H13ClN4O2S. The summed E-state index contributed by atoms with van der Waals surface area (Å²) in [5.74, 6) is 0. The molecule has 8 heteroatoms. The molecule has 2 heterocycles. The fourth-order valence-corrected chi connectivity index (χ4v) is 2.92. The summed E-state index contributed by atoms with van der Waals surface area (Å²) in [5, 5.41) is -0.0392. The first-order valence-electron chi connectivity index (χ1n) is 5.28. The van der Waals surface area contributed by atoms with Crippen molar-refractivity contribution in [3.8, 4) is 0 Å². The van der Waals surface area contributed by atoms with Crippen molar-refractivity contribution in [3.63, 3.8) is 0 Å². The second kappa shape index (κ2) is 5.13. The normalized spacial score (nSPS) is 11.9. The maximum Gasteiger partial charge on any atom is 0.261 e. The van der Waals surface area contributed by atoms with E-state index in [0.29, 0.717) is 6.54 Å². The Balaban J connectivity index is 2.02. The van der Waals surface area contributed by atoms with Crippen LogP contribution in [0.2, 0.25) is 5.15 Å². The van der Waals surface area contributed by atoms with Gasteiger partial charge in [0.2, 0.25) is 5.03 Å². The molecule has 0 spiro atoms. The zero-order chi connectivity index (χ0) is 13.2. The van der Waals surface area contributed by atoms with Crippen molar-refractivity contribution in [1.82, 2.24) is 18.8 Å². The lowest BCUT2D eigenvalue weighted by molar-refractivity contribution is 0.570. The molecule has 2 rings (SSSR count). The van der Waals surface area contributed by atoms with Gasteiger partial charge >= 0.3 is 0 Å². The number of aryl methyl sites for hydroxylation is 1. The summed E-state index contributed by atoms with van der Waals surface area (Å²) in [7, 11) is -2.02. The number of nitrogens with one attached hydrogen (secondary N) is 1. The highest BCUT2D eigenvalue weighted by Gasteiger charge is 2.21. The van der Waals surface area contributed by atoms with E-state index in [-0.39, 0.29) is 16.7 Å². The number of hydrogen-bond donors (Lipinski definition) is 1. The van der Waals surface area contributed by atoms with Crippen molar-refractivity contribution in [3.05, 3.63) is 36.0 Å². The number of halogens is 1. The molecule has 0 aliphatic heterocycles. The van der Waals surface area contributed by atoms with Crippen LogP contribution in [0, 0.1) is 0 Å². The van der Waals surface area contributed by atoms with Gasteiger partial charge in [-0.05, 0) is 12.1 Å². The molecule has 0 bridgehead atoms. The van der Waals surface area contributed by atoms with Crippen molar-refractivity contribution in [2.24, 2.45) is 7.05 Å². The van der Waals surface area contributed by atoms with Crippen LogP contribution in [0.1, 0.15) is 0 Å². The highest BCUT2D eigenvalue weighted by atomic mass is 35.5. The van der Waals surface area contributed by atoms with Gasteiger partial charge in [-0.25, -0.2) is 18.1 Å². The van der Waals surface area contributed by atoms with Gasteiger partial charge < -0.3 is 9.13 Å². The van der Waals surface area contributed by atoms with Crippen LogP contribution in [0.15, 0.2) is 35.9 Å². The topological polar surface area (TPSA) is 68.9 Å². The smallest absolute Gasteiger partial charge is 0.261 e. The van der Waals surface area contributed by atoms with E-state index in [1.807, 2.05) is 29.1 Å². The maximum absolute atomic E-state index is 11.9. The van der Waals surface area contributed by atoms with Crippen molar-refractivity contribution in [2.75, 3.05) is 6.54 Å². The first-order valence-corrected chi connectivity index (χ1v) is 7.14. The zero-order valence-corrected chi connectivity index (χ0v) is 11.3. The van der Waals surface area contributed by atoms with Gasteiger partial charge in [0.25, 0.3) is 10.0 Å². The molecule has 1 N–H and O–H groups in total. The lowest BCUT2D eigenvalue weighted by Gasteiger charge is -2.06. The van der Waals surface area contributed by atoms with Gasteiger partial charge in [0.05, 0.1) is 6.33 Å². The molecule has 0 fully saturated rings. The molecule has 0 radical (unpaired) electrons. The molecule has 0 saturated heterocycles. The molecule has 0 atom stereocenters. The molecule has 0 saturated carbocycles. The van der Waals surface area contributed by atoms with E-state index in [1.165, 1.54) is 10.9 Å². The van der Waals surface area contributed by atoms with E-state index < -0.39 is 10.0 Å². The molecule has 0 amide bonds. The fourth-order valence-electron chi connectivity index (χ4n) is 1.47. The van der Waals surface area contributed by atoms with E-state index in [2.05, 4.69) is 9.71 Å². The summed E-state index contributed by atoms with van der Waals surface area (Å²) in [5.41, 5.74) is 0. The van der Waals surface area contributed by atoms with Gasteiger partial charge in [-0.15, -0.1) is 0 Å². The number of hydrogen-bond acceptors (Lipinski definition) is 3. The molecule has 0 unspecified atom stereocenters. The molecular weight excluding hydrogens is 276 g/mol. The van der Waals surface area contributed by atoms with E-state index >= 15 is 0 Å². The molecule has 0 aromatic carbocycles. The zero-order valence-electron chi connectivity index (χ0n) is 9.75. The largest absolute Gasteiger partial charge is 0.353 e. The van der Waals surface area contributed by atoms with Crippen molar-refractivity contribution >= 4 is 21.6 Å². The molecule has 0 aliphatic carbocycles. The lowest BCUT2D eigenvalue weighted by atomic mass is 10.6. The average molecular weight is 289 g/mol. The molecule has 2 aromatic rings. The Hall–Kier alpha value is -1.31. The molecule has 6 nitrogen and oxygen atoms in total. The second-order valence-electron chi connectivity index (χ2n) is 3.77. The van der Waals surface area contributed by atoms with E-state index in [9.17, 15) is 8.42 Å². The van der Waals surface area contributed by atoms with Crippen LogP contribution in [0.3, 0.4) is 0 Å². The molecule has 98 valence electrons. The summed E-state index contributed by atoms with van der Waals surface area (Å²) in [4.78, 5) is 3.78. The predicted octanol–water partition coefficient (Wildman–Crippen LogP) is 0.853. The summed E-state index contributed by atoms with van der Waals surface area (Å²) < 4.78 is 29.6. The summed E-state index contributed by atoms with van der Waals surface area (Å²) in [6.45, 7) is 0.834. The second-order valence-corrected chi connectivity index (χ2v) is 5.81. The highest BCUT2D eigenvalue weighted by molar-refractivity contribution is 7.89. The molecule has 2 aromatic heterocycles. The predicted molar refractivity (Wildman–Crippen MR) is 67.8 cm³/mol. The number of imidazole rings is 1. The summed E-state index contributed by atoms with van der Waals surface area (Å²) in [6, 6.07) is 3.76. The third-order valence-corrected chi connectivity index (χ3v) is 4.37. The van der Waals surface area contributed by atoms with E-state index in [1.54, 1.807) is 7.05 Å². The Morgan fingerprint density at radius 1 is 1.39 bits per heavy atom. The minimum absolute atomic E-state index is 0.100. The maximum atomic E-state index is 11.9. The third kappa shape index (κ3) is 2.74. The monoisotopic (exact) mass is 288 g/mol. The third-order valence-electron chi connectivity index (χ3n) is 2.42. The first-order chi connectivity index (χ1) is 8.50. The number of rotatable bonds is 5. The number of aromatic nitrogens is 3.